The first-order valence-electron chi connectivity index (χ1n) is 9.67. The molecule has 150 valence electrons. The van der Waals surface area contributed by atoms with Gasteiger partial charge in [-0.25, -0.2) is 0 Å². The second kappa shape index (κ2) is 7.51. The van der Waals surface area contributed by atoms with Gasteiger partial charge in [0.15, 0.2) is 5.82 Å². The molecule has 0 bridgehead atoms. The Balaban J connectivity index is 1.79. The summed E-state index contributed by atoms with van der Waals surface area (Å²) < 4.78 is 0. The smallest absolute Gasteiger partial charge is 0.151 e. The Morgan fingerprint density at radius 1 is 1.14 bits per heavy atom. The van der Waals surface area contributed by atoms with Crippen LogP contribution >= 0.6 is 0 Å². The van der Waals surface area contributed by atoms with Gasteiger partial charge in [0, 0.05) is 29.7 Å². The molecule has 1 aromatic rings. The van der Waals surface area contributed by atoms with Crippen molar-refractivity contribution in [2.75, 3.05) is 19.1 Å². The molecule has 1 aromatic heterocycles. The van der Waals surface area contributed by atoms with E-state index in [0.29, 0.717) is 11.8 Å². The van der Waals surface area contributed by atoms with Gasteiger partial charge < -0.3 is 15.1 Å². The summed E-state index contributed by atoms with van der Waals surface area (Å²) in [6.07, 6.45) is 7.92. The zero-order valence-corrected chi connectivity index (χ0v) is 17.8. The fourth-order valence-corrected chi connectivity index (χ4v) is 4.30. The molecule has 1 fully saturated rings. The number of anilines is 1. The van der Waals surface area contributed by atoms with Gasteiger partial charge in [-0.05, 0) is 64.3 Å². The van der Waals surface area contributed by atoms with Crippen molar-refractivity contribution in [3.63, 3.8) is 0 Å². The topological polar surface area (TPSA) is 62.6 Å². The molecule has 2 heterocycles. The molecule has 0 radical (unpaired) electrons. The number of aromatic nitrogens is 2. The first kappa shape index (κ1) is 20.3. The Morgan fingerprint density at radius 3 is 2.39 bits per heavy atom. The molecular weight excluding hydrogens is 350 g/mol. The van der Waals surface area contributed by atoms with E-state index in [1.165, 1.54) is 7.11 Å². The van der Waals surface area contributed by atoms with E-state index in [4.69, 9.17) is 4.84 Å². The lowest BCUT2D eigenvalue weighted by Crippen LogP contribution is -2.62. The number of nitrogens with one attached hydrogen (secondary N) is 1. The fraction of sp³-hybridized carbons (Fsp3) is 0.500. The van der Waals surface area contributed by atoms with E-state index in [1.807, 2.05) is 30.4 Å². The minimum absolute atomic E-state index is 0.0885. The molecule has 1 saturated heterocycles. The molecule has 6 heteroatoms. The highest BCUT2D eigenvalue weighted by molar-refractivity contribution is 6.15. The third-order valence-electron chi connectivity index (χ3n) is 5.30. The Bertz CT molecular complexity index is 817. The predicted octanol–water partition coefficient (Wildman–Crippen LogP) is 3.73. The number of hydrogen-bond acceptors (Lipinski definition) is 6. The number of oxime groups is 1. The van der Waals surface area contributed by atoms with Gasteiger partial charge >= 0.3 is 0 Å². The molecule has 0 amide bonds. The van der Waals surface area contributed by atoms with Crippen LogP contribution in [0.3, 0.4) is 0 Å². The Kier molecular flexibility index (Phi) is 5.44. The van der Waals surface area contributed by atoms with E-state index in [2.05, 4.69) is 66.9 Å². The summed E-state index contributed by atoms with van der Waals surface area (Å²) in [4.78, 5) is 7.14. The number of hydrogen-bond donors (Lipinski definition) is 1. The average Bonchev–Trinajstić information content (AvgIpc) is 2.61. The molecule has 28 heavy (non-hydrogen) atoms. The highest BCUT2D eigenvalue weighted by atomic mass is 16.6. The van der Waals surface area contributed by atoms with Crippen LogP contribution in [-0.2, 0) is 4.84 Å². The third kappa shape index (κ3) is 4.50. The molecule has 0 atom stereocenters. The zero-order chi connectivity index (χ0) is 20.5. The molecule has 2 aliphatic rings. The lowest BCUT2D eigenvalue weighted by Gasteiger charge is -2.49. The Hall–Kier alpha value is -2.47. The second-order valence-electron chi connectivity index (χ2n) is 8.96. The lowest BCUT2D eigenvalue weighted by atomic mass is 9.79. The summed E-state index contributed by atoms with van der Waals surface area (Å²) in [5, 5.41) is 16.7. The van der Waals surface area contributed by atoms with Gasteiger partial charge in [-0.1, -0.05) is 23.9 Å². The molecule has 0 spiro atoms. The van der Waals surface area contributed by atoms with Crippen LogP contribution in [0.15, 0.2) is 47.7 Å². The van der Waals surface area contributed by atoms with E-state index >= 15 is 0 Å². The number of nitrogens with zero attached hydrogens (tertiary/aromatic N) is 4. The van der Waals surface area contributed by atoms with Gasteiger partial charge in [-0.3, -0.25) is 0 Å². The molecule has 0 unspecified atom stereocenters. The minimum atomic E-state index is 0.0885. The summed E-state index contributed by atoms with van der Waals surface area (Å²) in [6.45, 7) is 13.0. The van der Waals surface area contributed by atoms with Gasteiger partial charge in [0.25, 0.3) is 0 Å². The van der Waals surface area contributed by atoms with Gasteiger partial charge in [-0.15, -0.1) is 10.2 Å². The SMILES string of the molecule is C=C1C=CC(c2ccc(N(C)C3CC(C)(C)NC(C)(C)C3)nn2)=C/C1=N/OC. The van der Waals surface area contributed by atoms with E-state index in [0.717, 1.165) is 35.5 Å². The maximum Gasteiger partial charge on any atom is 0.151 e. The predicted molar refractivity (Wildman–Crippen MR) is 115 cm³/mol. The summed E-state index contributed by atoms with van der Waals surface area (Å²) in [5.41, 5.74) is 3.43. The quantitative estimate of drug-likeness (QED) is 0.805. The summed E-state index contributed by atoms with van der Waals surface area (Å²) >= 11 is 0. The van der Waals surface area contributed by atoms with Gasteiger partial charge in [0.2, 0.25) is 0 Å². The normalized spacial score (nSPS) is 22.9. The van der Waals surface area contributed by atoms with Crippen molar-refractivity contribution in [3.05, 3.63) is 48.2 Å². The molecular formula is C22H31N5O. The van der Waals surface area contributed by atoms with Crippen molar-refractivity contribution in [2.45, 2.75) is 57.7 Å². The Labute approximate surface area is 168 Å². The zero-order valence-electron chi connectivity index (χ0n) is 17.8. The van der Waals surface area contributed by atoms with Crippen LogP contribution in [0.2, 0.25) is 0 Å². The lowest BCUT2D eigenvalue weighted by molar-refractivity contribution is 0.160. The first-order valence-corrected chi connectivity index (χ1v) is 9.67. The maximum atomic E-state index is 4.89. The number of rotatable bonds is 4. The van der Waals surface area contributed by atoms with Crippen molar-refractivity contribution in [3.8, 4) is 0 Å². The highest BCUT2D eigenvalue weighted by Gasteiger charge is 2.39. The third-order valence-corrected chi connectivity index (χ3v) is 5.30. The molecule has 6 nitrogen and oxygen atoms in total. The summed E-state index contributed by atoms with van der Waals surface area (Å²) in [6, 6.07) is 4.45. The van der Waals surface area contributed by atoms with Crippen molar-refractivity contribution >= 4 is 17.1 Å². The average molecular weight is 382 g/mol. The Morgan fingerprint density at radius 2 is 1.82 bits per heavy atom. The largest absolute Gasteiger partial charge is 0.399 e. The first-order chi connectivity index (χ1) is 13.1. The van der Waals surface area contributed by atoms with Gasteiger partial charge in [0.1, 0.15) is 12.8 Å². The van der Waals surface area contributed by atoms with E-state index in [1.54, 1.807) is 0 Å². The number of allylic oxidation sites excluding steroid dienone is 5. The molecule has 0 saturated carbocycles. The minimum Gasteiger partial charge on any atom is -0.399 e. The van der Waals surface area contributed by atoms with E-state index in [9.17, 15) is 0 Å². The standard InChI is InChI=1S/C22H31N5O/c1-15-8-9-16(12-19(15)25-28-7)18-10-11-20(24-23-18)27(6)17-13-21(2,3)26-22(4,5)14-17/h8-12,17,26H,1,13-14H2,2-7H3/b25-19-. The van der Waals surface area contributed by atoms with Crippen LogP contribution in [-0.4, -0.2) is 47.2 Å². The monoisotopic (exact) mass is 381 g/mol. The second-order valence-corrected chi connectivity index (χ2v) is 8.96. The molecule has 1 N–H and O–H groups in total. The van der Waals surface area contributed by atoms with Crippen LogP contribution in [0.1, 0.15) is 46.2 Å². The maximum absolute atomic E-state index is 4.89. The summed E-state index contributed by atoms with van der Waals surface area (Å²) in [7, 11) is 3.64. The van der Waals surface area contributed by atoms with Crippen LogP contribution in [0.4, 0.5) is 5.82 Å². The van der Waals surface area contributed by atoms with Crippen LogP contribution in [0.5, 0.6) is 0 Å². The molecule has 1 aliphatic carbocycles. The van der Waals surface area contributed by atoms with E-state index in [-0.39, 0.29) is 11.1 Å². The van der Waals surface area contributed by atoms with Crippen molar-refractivity contribution in [1.29, 1.82) is 0 Å². The molecule has 1 aliphatic heterocycles. The van der Waals surface area contributed by atoms with Crippen molar-refractivity contribution in [1.82, 2.24) is 15.5 Å². The number of piperidine rings is 1. The van der Waals surface area contributed by atoms with Crippen LogP contribution < -0.4 is 10.2 Å². The van der Waals surface area contributed by atoms with Gasteiger partial charge in [-0.2, -0.15) is 0 Å². The molecule has 3 rings (SSSR count). The summed E-state index contributed by atoms with van der Waals surface area (Å²) in [5.74, 6) is 0.887. The molecule has 0 aromatic carbocycles. The van der Waals surface area contributed by atoms with Crippen molar-refractivity contribution < 1.29 is 4.84 Å². The van der Waals surface area contributed by atoms with E-state index < -0.39 is 0 Å². The highest BCUT2D eigenvalue weighted by Crippen LogP contribution is 2.32. The van der Waals surface area contributed by atoms with Crippen LogP contribution in [0, 0.1) is 0 Å². The van der Waals surface area contributed by atoms with Gasteiger partial charge in [0.05, 0.1) is 5.69 Å². The van der Waals surface area contributed by atoms with Crippen LogP contribution in [0.25, 0.3) is 5.57 Å². The fourth-order valence-electron chi connectivity index (χ4n) is 4.30. The van der Waals surface area contributed by atoms with Crippen molar-refractivity contribution in [2.24, 2.45) is 5.16 Å².